The number of aromatic nitrogens is 2. The monoisotopic (exact) mass is 398 g/mol. The predicted octanol–water partition coefficient (Wildman–Crippen LogP) is 4.56. The Morgan fingerprint density at radius 2 is 2.03 bits per heavy atom. The van der Waals surface area contributed by atoms with Crippen molar-refractivity contribution in [1.82, 2.24) is 15.0 Å². The van der Waals surface area contributed by atoms with Gasteiger partial charge in [-0.25, -0.2) is 0 Å². The number of likely N-dealkylation sites (tertiary alicyclic amines) is 1. The molecule has 29 heavy (non-hydrogen) atoms. The average molecular weight is 399 g/mol. The highest BCUT2D eigenvalue weighted by molar-refractivity contribution is 5.90. The second-order valence-electron chi connectivity index (χ2n) is 9.34. The van der Waals surface area contributed by atoms with Crippen LogP contribution in [0, 0.1) is 5.92 Å². The van der Waals surface area contributed by atoms with E-state index in [2.05, 4.69) is 39.4 Å². The summed E-state index contributed by atoms with van der Waals surface area (Å²) in [5.74, 6) is 2.10. The van der Waals surface area contributed by atoms with E-state index in [9.17, 15) is 4.79 Å². The van der Waals surface area contributed by atoms with Gasteiger partial charge in [0.1, 0.15) is 0 Å². The van der Waals surface area contributed by atoms with Crippen LogP contribution in [0.25, 0.3) is 0 Å². The van der Waals surface area contributed by atoms with E-state index < -0.39 is 0 Å². The average Bonchev–Trinajstić information content (AvgIpc) is 3.13. The van der Waals surface area contributed by atoms with Gasteiger partial charge in [-0.3, -0.25) is 9.69 Å². The predicted molar refractivity (Wildman–Crippen MR) is 115 cm³/mol. The van der Waals surface area contributed by atoms with Crippen molar-refractivity contribution in [3.05, 3.63) is 41.5 Å². The maximum atomic E-state index is 12.2. The first-order valence-electron chi connectivity index (χ1n) is 10.7. The van der Waals surface area contributed by atoms with Crippen LogP contribution in [0.4, 0.5) is 5.69 Å². The number of hydrogen-bond acceptors (Lipinski definition) is 5. The lowest BCUT2D eigenvalue weighted by atomic mass is 9.96. The van der Waals surface area contributed by atoms with Crippen molar-refractivity contribution in [3.63, 3.8) is 0 Å². The van der Waals surface area contributed by atoms with Crippen LogP contribution in [-0.2, 0) is 23.2 Å². The summed E-state index contributed by atoms with van der Waals surface area (Å²) in [4.78, 5) is 19.1. The van der Waals surface area contributed by atoms with Crippen LogP contribution in [0.1, 0.15) is 70.7 Å². The lowest BCUT2D eigenvalue weighted by Gasteiger charge is -2.30. The number of nitrogens with zero attached hydrogens (tertiary/aromatic N) is 3. The fourth-order valence-electron chi connectivity index (χ4n) is 3.67. The summed E-state index contributed by atoms with van der Waals surface area (Å²) in [5.41, 5.74) is 2.01. The molecule has 0 radical (unpaired) electrons. The lowest BCUT2D eigenvalue weighted by molar-refractivity contribution is -0.116. The molecule has 158 valence electrons. The number of rotatable bonds is 7. The molecule has 1 aromatic heterocycles. The SMILES string of the molecule is CC1CCCN(Cc2ccc(NC(=O)CCCc3nc(C(C)(C)C)no3)cc2)C1. The van der Waals surface area contributed by atoms with E-state index in [0.717, 1.165) is 18.2 Å². The van der Waals surface area contributed by atoms with Crippen LogP contribution in [0.5, 0.6) is 0 Å². The highest BCUT2D eigenvalue weighted by atomic mass is 16.5. The Kier molecular flexibility index (Phi) is 7.06. The largest absolute Gasteiger partial charge is 0.339 e. The highest BCUT2D eigenvalue weighted by Crippen LogP contribution is 2.20. The van der Waals surface area contributed by atoms with Gasteiger partial charge in [0, 0.05) is 37.0 Å². The zero-order chi connectivity index (χ0) is 20.9. The molecule has 1 saturated heterocycles. The quantitative estimate of drug-likeness (QED) is 0.740. The van der Waals surface area contributed by atoms with Gasteiger partial charge in [-0.2, -0.15) is 4.98 Å². The van der Waals surface area contributed by atoms with Gasteiger partial charge in [-0.05, 0) is 49.4 Å². The molecule has 2 aromatic rings. The summed E-state index contributed by atoms with van der Waals surface area (Å²) in [7, 11) is 0. The molecule has 6 nitrogen and oxygen atoms in total. The van der Waals surface area contributed by atoms with Crippen molar-refractivity contribution >= 4 is 11.6 Å². The number of piperidine rings is 1. The Morgan fingerprint density at radius 3 is 2.69 bits per heavy atom. The molecule has 2 heterocycles. The summed E-state index contributed by atoms with van der Waals surface area (Å²) in [6.07, 6.45) is 4.36. The smallest absolute Gasteiger partial charge is 0.226 e. The number of anilines is 1. The molecular formula is C23H34N4O2. The minimum atomic E-state index is -0.127. The van der Waals surface area contributed by atoms with E-state index in [1.165, 1.54) is 31.5 Å². The maximum Gasteiger partial charge on any atom is 0.226 e. The summed E-state index contributed by atoms with van der Waals surface area (Å²) >= 11 is 0. The molecule has 1 atom stereocenters. The molecule has 1 aliphatic rings. The van der Waals surface area contributed by atoms with E-state index in [1.807, 2.05) is 32.9 Å². The van der Waals surface area contributed by atoms with Gasteiger partial charge in [0.25, 0.3) is 0 Å². The third-order valence-electron chi connectivity index (χ3n) is 5.32. The third kappa shape index (κ3) is 6.67. The molecule has 1 unspecified atom stereocenters. The molecule has 1 fully saturated rings. The first-order chi connectivity index (χ1) is 13.8. The standard InChI is InChI=1S/C23H34N4O2/c1-17-7-6-14-27(15-17)16-18-10-12-19(13-11-18)24-20(28)8-5-9-21-25-22(26-29-21)23(2,3)4/h10-13,17H,5-9,14-16H2,1-4H3,(H,24,28). The van der Waals surface area contributed by atoms with E-state index in [4.69, 9.17) is 4.52 Å². The van der Waals surface area contributed by atoms with E-state index in [-0.39, 0.29) is 11.3 Å². The van der Waals surface area contributed by atoms with Crippen LogP contribution in [-0.4, -0.2) is 34.0 Å². The van der Waals surface area contributed by atoms with Gasteiger partial charge < -0.3 is 9.84 Å². The van der Waals surface area contributed by atoms with Gasteiger partial charge in [-0.1, -0.05) is 45.0 Å². The number of hydrogen-bond donors (Lipinski definition) is 1. The zero-order valence-electron chi connectivity index (χ0n) is 18.2. The van der Waals surface area contributed by atoms with Gasteiger partial charge in [0.15, 0.2) is 5.82 Å². The summed E-state index contributed by atoms with van der Waals surface area (Å²) in [6.45, 7) is 11.8. The Bertz CT molecular complexity index is 792. The molecule has 3 rings (SSSR count). The molecule has 0 saturated carbocycles. The van der Waals surface area contributed by atoms with Gasteiger partial charge >= 0.3 is 0 Å². The van der Waals surface area contributed by atoms with Crippen LogP contribution in [0.2, 0.25) is 0 Å². The number of nitrogens with one attached hydrogen (secondary N) is 1. The Hall–Kier alpha value is -2.21. The van der Waals surface area contributed by atoms with Crippen LogP contribution < -0.4 is 5.32 Å². The highest BCUT2D eigenvalue weighted by Gasteiger charge is 2.21. The lowest BCUT2D eigenvalue weighted by Crippen LogP contribution is -2.33. The maximum absolute atomic E-state index is 12.2. The third-order valence-corrected chi connectivity index (χ3v) is 5.32. The molecule has 0 aliphatic carbocycles. The summed E-state index contributed by atoms with van der Waals surface area (Å²) in [5, 5.41) is 6.99. The van der Waals surface area contributed by atoms with Gasteiger partial charge in [0.05, 0.1) is 0 Å². The first-order valence-corrected chi connectivity index (χ1v) is 10.7. The molecule has 0 spiro atoms. The van der Waals surface area contributed by atoms with Crippen molar-refractivity contribution < 1.29 is 9.32 Å². The van der Waals surface area contributed by atoms with Gasteiger partial charge in [-0.15, -0.1) is 0 Å². The second kappa shape index (κ2) is 9.53. The number of aryl methyl sites for hydroxylation is 1. The Morgan fingerprint density at radius 1 is 1.28 bits per heavy atom. The van der Waals surface area contributed by atoms with Crippen LogP contribution in [0.15, 0.2) is 28.8 Å². The molecule has 1 amide bonds. The molecule has 1 N–H and O–H groups in total. The van der Waals surface area contributed by atoms with Crippen LogP contribution in [0.3, 0.4) is 0 Å². The van der Waals surface area contributed by atoms with Crippen molar-refractivity contribution in [2.45, 2.75) is 71.8 Å². The second-order valence-corrected chi connectivity index (χ2v) is 9.34. The van der Waals surface area contributed by atoms with Crippen molar-refractivity contribution in [2.75, 3.05) is 18.4 Å². The molecular weight excluding hydrogens is 364 g/mol. The number of benzene rings is 1. The molecule has 1 aromatic carbocycles. The minimum Gasteiger partial charge on any atom is -0.339 e. The summed E-state index contributed by atoms with van der Waals surface area (Å²) < 4.78 is 5.28. The molecule has 6 heteroatoms. The van der Waals surface area contributed by atoms with Crippen molar-refractivity contribution in [1.29, 1.82) is 0 Å². The Balaban J connectivity index is 1.40. The van der Waals surface area contributed by atoms with E-state index in [0.29, 0.717) is 31.0 Å². The minimum absolute atomic E-state index is 0.0122. The first kappa shape index (κ1) is 21.5. The molecule has 0 bridgehead atoms. The van der Waals surface area contributed by atoms with Crippen molar-refractivity contribution in [3.8, 4) is 0 Å². The number of carbonyl (C=O) groups excluding carboxylic acids is 1. The Labute approximate surface area is 174 Å². The van der Waals surface area contributed by atoms with E-state index in [1.54, 1.807) is 0 Å². The van der Waals surface area contributed by atoms with Gasteiger partial charge in [0.2, 0.25) is 11.8 Å². The zero-order valence-corrected chi connectivity index (χ0v) is 18.2. The fraction of sp³-hybridized carbons (Fsp3) is 0.609. The topological polar surface area (TPSA) is 71.3 Å². The fourth-order valence-corrected chi connectivity index (χ4v) is 3.67. The number of amides is 1. The summed E-state index contributed by atoms with van der Waals surface area (Å²) in [6, 6.07) is 8.21. The normalized spacial score (nSPS) is 18.0. The van der Waals surface area contributed by atoms with Crippen molar-refractivity contribution in [2.24, 2.45) is 5.92 Å². The van der Waals surface area contributed by atoms with Crippen LogP contribution >= 0.6 is 0 Å². The number of carbonyl (C=O) groups is 1. The molecule has 1 aliphatic heterocycles. The van der Waals surface area contributed by atoms with E-state index >= 15 is 0 Å².